The van der Waals surface area contributed by atoms with Gasteiger partial charge in [0.25, 0.3) is 0 Å². The van der Waals surface area contributed by atoms with Crippen LogP contribution in [-0.4, -0.2) is 11.1 Å². The molecule has 1 aliphatic carbocycles. The lowest BCUT2D eigenvalue weighted by Crippen LogP contribution is -2.09. The van der Waals surface area contributed by atoms with Crippen LogP contribution < -0.4 is 0 Å². The maximum absolute atomic E-state index is 11.0. The monoisotopic (exact) mass is 296 g/mol. The molecule has 1 N–H and O–H groups in total. The maximum Gasteiger partial charge on any atom is 0.303 e. The van der Waals surface area contributed by atoms with Gasteiger partial charge in [-0.1, -0.05) is 33.6 Å². The molecule has 1 atom stereocenters. The molecule has 0 saturated heterocycles. The van der Waals surface area contributed by atoms with Crippen LogP contribution in [0.3, 0.4) is 0 Å². The molecule has 0 aromatic heterocycles. The zero-order chi connectivity index (χ0) is 12.6. The summed E-state index contributed by atoms with van der Waals surface area (Å²) in [6.07, 6.45) is 2.57. The second-order valence-corrected chi connectivity index (χ2v) is 5.82. The van der Waals surface area contributed by atoms with Crippen molar-refractivity contribution in [3.63, 3.8) is 0 Å². The van der Waals surface area contributed by atoms with E-state index in [4.69, 9.17) is 5.11 Å². The second-order valence-electron chi connectivity index (χ2n) is 5.03. The van der Waals surface area contributed by atoms with Crippen LogP contribution >= 0.6 is 15.9 Å². The van der Waals surface area contributed by atoms with Gasteiger partial charge in [0.05, 0.1) is 6.42 Å². The Morgan fingerprint density at radius 3 is 2.65 bits per heavy atom. The van der Waals surface area contributed by atoms with E-state index in [0.29, 0.717) is 5.92 Å². The van der Waals surface area contributed by atoms with Crippen molar-refractivity contribution in [3.8, 4) is 0 Å². The van der Waals surface area contributed by atoms with Crippen molar-refractivity contribution in [2.24, 2.45) is 5.92 Å². The van der Waals surface area contributed by atoms with Gasteiger partial charge < -0.3 is 5.11 Å². The average molecular weight is 297 g/mol. The van der Waals surface area contributed by atoms with Crippen LogP contribution in [0.25, 0.3) is 0 Å². The first-order valence-electron chi connectivity index (χ1n) is 5.97. The van der Waals surface area contributed by atoms with Crippen molar-refractivity contribution in [2.75, 3.05) is 0 Å². The van der Waals surface area contributed by atoms with E-state index < -0.39 is 5.97 Å². The Kier molecular flexibility index (Phi) is 3.57. The van der Waals surface area contributed by atoms with Crippen LogP contribution in [0.4, 0.5) is 0 Å². The highest BCUT2D eigenvalue weighted by atomic mass is 79.9. The van der Waals surface area contributed by atoms with Crippen LogP contribution in [0, 0.1) is 19.8 Å². The molecule has 92 valence electrons. The summed E-state index contributed by atoms with van der Waals surface area (Å²) in [5, 5.41) is 9.04. The van der Waals surface area contributed by atoms with Crippen LogP contribution in [-0.2, 0) is 4.79 Å². The summed E-state index contributed by atoms with van der Waals surface area (Å²) < 4.78 is 1.08. The minimum Gasteiger partial charge on any atom is -0.481 e. The Bertz CT molecular complexity index is 450. The Balaban J connectivity index is 2.38. The second kappa shape index (κ2) is 4.81. The lowest BCUT2D eigenvalue weighted by molar-refractivity contribution is -0.137. The molecule has 1 saturated carbocycles. The number of carbonyl (C=O) groups is 1. The fourth-order valence-electron chi connectivity index (χ4n) is 2.47. The number of hydrogen-bond acceptors (Lipinski definition) is 1. The van der Waals surface area contributed by atoms with Gasteiger partial charge >= 0.3 is 5.97 Å². The molecule has 1 aromatic carbocycles. The first kappa shape index (κ1) is 12.6. The number of carboxylic acids is 1. The standard InChI is InChI=1S/C14H17BrO2/c1-8-5-9(2)14(15)12(6-8)11(7-13(16)17)10-3-4-10/h5-6,10-11H,3-4,7H2,1-2H3,(H,16,17). The minimum atomic E-state index is -0.701. The van der Waals surface area contributed by atoms with Crippen molar-refractivity contribution < 1.29 is 9.90 Å². The SMILES string of the molecule is Cc1cc(C)c(Br)c(C(CC(=O)O)C2CC2)c1. The number of carboxylic acid groups (broad SMARTS) is 1. The summed E-state index contributed by atoms with van der Waals surface area (Å²) in [5.74, 6) is 0.0250. The topological polar surface area (TPSA) is 37.3 Å². The van der Waals surface area contributed by atoms with Gasteiger partial charge in [0.1, 0.15) is 0 Å². The van der Waals surface area contributed by atoms with E-state index in [1.165, 1.54) is 16.7 Å². The third-order valence-corrected chi connectivity index (χ3v) is 4.50. The lowest BCUT2D eigenvalue weighted by Gasteiger charge is -2.18. The number of rotatable bonds is 4. The molecule has 1 aliphatic rings. The van der Waals surface area contributed by atoms with Crippen LogP contribution in [0.1, 0.15) is 41.9 Å². The minimum absolute atomic E-state index is 0.167. The molecule has 1 aromatic rings. The molecule has 3 heteroatoms. The van der Waals surface area contributed by atoms with E-state index in [2.05, 4.69) is 41.9 Å². The number of aliphatic carboxylic acids is 1. The molecule has 2 rings (SSSR count). The first-order valence-corrected chi connectivity index (χ1v) is 6.76. The van der Waals surface area contributed by atoms with E-state index in [1.807, 2.05) is 0 Å². The molecule has 17 heavy (non-hydrogen) atoms. The van der Waals surface area contributed by atoms with E-state index >= 15 is 0 Å². The lowest BCUT2D eigenvalue weighted by atomic mass is 9.89. The highest BCUT2D eigenvalue weighted by Crippen LogP contribution is 2.47. The summed E-state index contributed by atoms with van der Waals surface area (Å²) in [6.45, 7) is 4.12. The molecule has 0 spiro atoms. The fourth-order valence-corrected chi connectivity index (χ4v) is 2.99. The van der Waals surface area contributed by atoms with Crippen molar-refractivity contribution in [3.05, 3.63) is 33.3 Å². The molecular formula is C14H17BrO2. The van der Waals surface area contributed by atoms with Crippen molar-refractivity contribution in [1.82, 2.24) is 0 Å². The summed E-state index contributed by atoms with van der Waals surface area (Å²) in [5.41, 5.74) is 3.57. The average Bonchev–Trinajstić information content (AvgIpc) is 3.03. The Morgan fingerprint density at radius 2 is 2.12 bits per heavy atom. The molecule has 2 nitrogen and oxygen atoms in total. The maximum atomic E-state index is 11.0. The van der Waals surface area contributed by atoms with Gasteiger partial charge in [-0.3, -0.25) is 4.79 Å². The van der Waals surface area contributed by atoms with E-state index in [0.717, 1.165) is 17.3 Å². The van der Waals surface area contributed by atoms with E-state index in [9.17, 15) is 4.79 Å². The molecule has 0 radical (unpaired) electrons. The smallest absolute Gasteiger partial charge is 0.303 e. The van der Waals surface area contributed by atoms with Crippen LogP contribution in [0.5, 0.6) is 0 Å². The first-order chi connectivity index (χ1) is 7.99. The van der Waals surface area contributed by atoms with Gasteiger partial charge in [0.15, 0.2) is 0 Å². The summed E-state index contributed by atoms with van der Waals surface area (Å²) >= 11 is 3.61. The highest BCUT2D eigenvalue weighted by molar-refractivity contribution is 9.10. The van der Waals surface area contributed by atoms with Gasteiger partial charge in [0, 0.05) is 4.47 Å². The number of aryl methyl sites for hydroxylation is 2. The molecule has 1 fully saturated rings. The van der Waals surface area contributed by atoms with Crippen LogP contribution in [0.15, 0.2) is 16.6 Å². The number of halogens is 1. The summed E-state index contributed by atoms with van der Waals surface area (Å²) in [7, 11) is 0. The Labute approximate surface area is 110 Å². The van der Waals surface area contributed by atoms with Gasteiger partial charge in [-0.05, 0) is 49.7 Å². The number of benzene rings is 1. The normalized spacial score (nSPS) is 16.9. The van der Waals surface area contributed by atoms with Crippen LogP contribution in [0.2, 0.25) is 0 Å². The quantitative estimate of drug-likeness (QED) is 0.911. The van der Waals surface area contributed by atoms with E-state index in [1.54, 1.807) is 0 Å². The van der Waals surface area contributed by atoms with Gasteiger partial charge in [-0.25, -0.2) is 0 Å². The zero-order valence-corrected chi connectivity index (χ0v) is 11.8. The van der Waals surface area contributed by atoms with Gasteiger partial charge in [0.2, 0.25) is 0 Å². The van der Waals surface area contributed by atoms with Gasteiger partial charge in [-0.2, -0.15) is 0 Å². The zero-order valence-electron chi connectivity index (χ0n) is 10.2. The molecule has 1 unspecified atom stereocenters. The summed E-state index contributed by atoms with van der Waals surface area (Å²) in [4.78, 5) is 11.0. The molecule has 0 bridgehead atoms. The summed E-state index contributed by atoms with van der Waals surface area (Å²) in [6, 6.07) is 4.25. The van der Waals surface area contributed by atoms with Gasteiger partial charge in [-0.15, -0.1) is 0 Å². The largest absolute Gasteiger partial charge is 0.481 e. The van der Waals surface area contributed by atoms with Crippen molar-refractivity contribution >= 4 is 21.9 Å². The number of hydrogen-bond donors (Lipinski definition) is 1. The molecule has 0 heterocycles. The van der Waals surface area contributed by atoms with Crippen molar-refractivity contribution in [2.45, 2.75) is 39.0 Å². The van der Waals surface area contributed by atoms with Crippen molar-refractivity contribution in [1.29, 1.82) is 0 Å². The highest BCUT2D eigenvalue weighted by Gasteiger charge is 2.35. The third-order valence-electron chi connectivity index (χ3n) is 3.41. The van der Waals surface area contributed by atoms with E-state index in [-0.39, 0.29) is 12.3 Å². The molecule has 0 amide bonds. The molecule has 0 aliphatic heterocycles. The predicted molar refractivity (Wildman–Crippen MR) is 71.3 cm³/mol. The third kappa shape index (κ3) is 2.89. The predicted octanol–water partition coefficient (Wildman–Crippen LogP) is 4.03. The molecular weight excluding hydrogens is 280 g/mol. The fraction of sp³-hybridized carbons (Fsp3) is 0.500. The Morgan fingerprint density at radius 1 is 1.47 bits per heavy atom. The Hall–Kier alpha value is -0.830.